The lowest BCUT2D eigenvalue weighted by Crippen LogP contribution is -2.06. The second-order valence-electron chi connectivity index (χ2n) is 2.33. The maximum absolute atomic E-state index is 8.57. The van der Waals surface area contributed by atoms with Gasteiger partial charge in [-0.15, -0.1) is 0 Å². The van der Waals surface area contributed by atoms with Crippen LogP contribution in [0.4, 0.5) is 0 Å². The maximum atomic E-state index is 8.57. The Balaban J connectivity index is 2.51. The van der Waals surface area contributed by atoms with Gasteiger partial charge in [0.15, 0.2) is 0 Å². The molecule has 0 aromatic carbocycles. The molecule has 0 aliphatic carbocycles. The molecule has 62 valence electrons. The van der Waals surface area contributed by atoms with Crippen molar-refractivity contribution < 1.29 is 5.11 Å². The van der Waals surface area contributed by atoms with Gasteiger partial charge in [-0.25, -0.2) is 0 Å². The zero-order valence-corrected chi connectivity index (χ0v) is 6.40. The van der Waals surface area contributed by atoms with Crippen molar-refractivity contribution in [1.82, 2.24) is 9.78 Å². The van der Waals surface area contributed by atoms with Crippen LogP contribution in [0.2, 0.25) is 0 Å². The Morgan fingerprint density at radius 1 is 1.64 bits per heavy atom. The second-order valence-corrected chi connectivity index (χ2v) is 2.33. The molecule has 0 radical (unpaired) electrons. The molecule has 1 aromatic rings. The third-order valence-corrected chi connectivity index (χ3v) is 1.43. The van der Waals surface area contributed by atoms with Gasteiger partial charge in [0.1, 0.15) is 0 Å². The van der Waals surface area contributed by atoms with Crippen molar-refractivity contribution in [2.24, 2.45) is 5.73 Å². The first-order valence-corrected chi connectivity index (χ1v) is 3.70. The summed E-state index contributed by atoms with van der Waals surface area (Å²) in [6, 6.07) is 1.92. The fraction of sp³-hybridized carbons (Fsp3) is 0.571. The van der Waals surface area contributed by atoms with Crippen molar-refractivity contribution in [3.05, 3.63) is 18.0 Å². The van der Waals surface area contributed by atoms with Crippen molar-refractivity contribution in [2.45, 2.75) is 13.0 Å². The molecule has 4 heteroatoms. The number of aromatic nitrogens is 2. The summed E-state index contributed by atoms with van der Waals surface area (Å²) in [5, 5.41) is 12.7. The largest absolute Gasteiger partial charge is 0.394 e. The summed E-state index contributed by atoms with van der Waals surface area (Å²) in [5.74, 6) is 0. The summed E-state index contributed by atoms with van der Waals surface area (Å²) < 4.78 is 1.71. The molecule has 0 saturated heterocycles. The monoisotopic (exact) mass is 155 g/mol. The molecule has 0 atom stereocenters. The van der Waals surface area contributed by atoms with Gasteiger partial charge in [-0.2, -0.15) is 5.10 Å². The number of aliphatic hydroxyl groups is 1. The van der Waals surface area contributed by atoms with E-state index in [0.717, 1.165) is 12.1 Å². The van der Waals surface area contributed by atoms with Gasteiger partial charge < -0.3 is 10.8 Å². The van der Waals surface area contributed by atoms with Crippen LogP contribution in [-0.4, -0.2) is 28.0 Å². The van der Waals surface area contributed by atoms with Crippen LogP contribution >= 0.6 is 0 Å². The molecule has 0 saturated carbocycles. The van der Waals surface area contributed by atoms with Crippen LogP contribution in [0.5, 0.6) is 0 Å². The molecule has 11 heavy (non-hydrogen) atoms. The van der Waals surface area contributed by atoms with E-state index in [-0.39, 0.29) is 6.61 Å². The molecular formula is C7H13N3O. The van der Waals surface area contributed by atoms with Crippen LogP contribution in [0, 0.1) is 0 Å². The smallest absolute Gasteiger partial charge is 0.0640 e. The highest BCUT2D eigenvalue weighted by atomic mass is 16.3. The van der Waals surface area contributed by atoms with Crippen molar-refractivity contribution in [3.63, 3.8) is 0 Å². The van der Waals surface area contributed by atoms with E-state index in [1.54, 1.807) is 4.68 Å². The quantitative estimate of drug-likeness (QED) is 0.609. The lowest BCUT2D eigenvalue weighted by molar-refractivity contribution is 0.269. The minimum Gasteiger partial charge on any atom is -0.394 e. The number of rotatable bonds is 4. The van der Waals surface area contributed by atoms with Crippen molar-refractivity contribution in [1.29, 1.82) is 0 Å². The van der Waals surface area contributed by atoms with E-state index in [1.807, 2.05) is 12.3 Å². The summed E-state index contributed by atoms with van der Waals surface area (Å²) in [5.41, 5.74) is 6.33. The van der Waals surface area contributed by atoms with Gasteiger partial charge in [-0.3, -0.25) is 4.68 Å². The van der Waals surface area contributed by atoms with Crippen LogP contribution in [0.15, 0.2) is 12.3 Å². The zero-order chi connectivity index (χ0) is 8.10. The van der Waals surface area contributed by atoms with E-state index < -0.39 is 0 Å². The third-order valence-electron chi connectivity index (χ3n) is 1.43. The number of nitrogens with two attached hydrogens (primary N) is 1. The average Bonchev–Trinajstić information content (AvgIpc) is 2.38. The first-order valence-electron chi connectivity index (χ1n) is 3.70. The predicted octanol–water partition coefficient (Wildman–Crippen LogP) is -0.623. The average molecular weight is 155 g/mol. The maximum Gasteiger partial charge on any atom is 0.0640 e. The highest BCUT2D eigenvalue weighted by Gasteiger charge is 1.95. The van der Waals surface area contributed by atoms with Crippen molar-refractivity contribution in [2.75, 3.05) is 13.2 Å². The van der Waals surface area contributed by atoms with E-state index in [1.165, 1.54) is 0 Å². The number of hydrogen-bond acceptors (Lipinski definition) is 3. The van der Waals surface area contributed by atoms with Gasteiger partial charge >= 0.3 is 0 Å². The van der Waals surface area contributed by atoms with Gasteiger partial charge in [-0.1, -0.05) is 0 Å². The fourth-order valence-electron chi connectivity index (χ4n) is 0.912. The lowest BCUT2D eigenvalue weighted by atomic mass is 10.3. The van der Waals surface area contributed by atoms with Crippen LogP contribution in [0.25, 0.3) is 0 Å². The van der Waals surface area contributed by atoms with Gasteiger partial charge in [0.05, 0.1) is 18.8 Å². The SMILES string of the molecule is NCCc1ccn(CCO)n1. The highest BCUT2D eigenvalue weighted by Crippen LogP contribution is 1.94. The molecule has 0 aliphatic heterocycles. The number of aliphatic hydroxyl groups excluding tert-OH is 1. The zero-order valence-electron chi connectivity index (χ0n) is 6.40. The summed E-state index contributed by atoms with van der Waals surface area (Å²) in [6.07, 6.45) is 2.65. The van der Waals surface area contributed by atoms with E-state index in [4.69, 9.17) is 10.8 Å². The molecule has 0 fully saturated rings. The Bertz CT molecular complexity index is 189. The molecule has 1 aromatic heterocycles. The minimum absolute atomic E-state index is 0.129. The highest BCUT2D eigenvalue weighted by molar-refractivity contribution is 4.99. The lowest BCUT2D eigenvalue weighted by Gasteiger charge is -1.95. The predicted molar refractivity (Wildman–Crippen MR) is 42.1 cm³/mol. The Labute approximate surface area is 65.6 Å². The molecule has 0 aliphatic rings. The molecule has 4 nitrogen and oxygen atoms in total. The number of hydrogen-bond donors (Lipinski definition) is 2. The Hall–Kier alpha value is -0.870. The molecule has 1 heterocycles. The molecule has 1 rings (SSSR count). The minimum atomic E-state index is 0.129. The normalized spacial score (nSPS) is 10.4. The molecule has 0 bridgehead atoms. The topological polar surface area (TPSA) is 64.1 Å². The van der Waals surface area contributed by atoms with Crippen LogP contribution in [0.1, 0.15) is 5.69 Å². The van der Waals surface area contributed by atoms with Crippen LogP contribution in [0.3, 0.4) is 0 Å². The molecule has 0 amide bonds. The van der Waals surface area contributed by atoms with E-state index in [0.29, 0.717) is 13.1 Å². The van der Waals surface area contributed by atoms with Gasteiger partial charge in [0, 0.05) is 12.6 Å². The molecule has 0 spiro atoms. The summed E-state index contributed by atoms with van der Waals surface area (Å²) in [7, 11) is 0. The van der Waals surface area contributed by atoms with Gasteiger partial charge in [0.2, 0.25) is 0 Å². The second kappa shape index (κ2) is 4.10. The number of nitrogens with zero attached hydrogens (tertiary/aromatic N) is 2. The van der Waals surface area contributed by atoms with Crippen molar-refractivity contribution in [3.8, 4) is 0 Å². The summed E-state index contributed by atoms with van der Waals surface area (Å²) in [6.45, 7) is 1.31. The first-order chi connectivity index (χ1) is 5.36. The summed E-state index contributed by atoms with van der Waals surface area (Å²) >= 11 is 0. The standard InChI is InChI=1S/C7H13N3O/c8-3-1-7-2-4-10(9-7)5-6-11/h2,4,11H,1,3,5-6,8H2. The molecule has 3 N–H and O–H groups in total. The Morgan fingerprint density at radius 3 is 3.09 bits per heavy atom. The molecule has 0 unspecified atom stereocenters. The Kier molecular flexibility index (Phi) is 3.07. The van der Waals surface area contributed by atoms with Crippen molar-refractivity contribution >= 4 is 0 Å². The summed E-state index contributed by atoms with van der Waals surface area (Å²) in [4.78, 5) is 0. The first kappa shape index (κ1) is 8.23. The van der Waals surface area contributed by atoms with Crippen LogP contribution < -0.4 is 5.73 Å². The van der Waals surface area contributed by atoms with Crippen LogP contribution in [-0.2, 0) is 13.0 Å². The van der Waals surface area contributed by atoms with E-state index >= 15 is 0 Å². The Morgan fingerprint density at radius 2 is 2.45 bits per heavy atom. The van der Waals surface area contributed by atoms with E-state index in [2.05, 4.69) is 5.10 Å². The van der Waals surface area contributed by atoms with Gasteiger partial charge in [0.25, 0.3) is 0 Å². The molecular weight excluding hydrogens is 142 g/mol. The fourth-order valence-corrected chi connectivity index (χ4v) is 0.912. The van der Waals surface area contributed by atoms with Gasteiger partial charge in [-0.05, 0) is 12.6 Å². The third kappa shape index (κ3) is 2.32. The van der Waals surface area contributed by atoms with E-state index in [9.17, 15) is 0 Å².